The first-order valence-corrected chi connectivity index (χ1v) is 9.62. The molecule has 1 heterocycles. The van der Waals surface area contributed by atoms with Crippen molar-refractivity contribution >= 4 is 17.5 Å². The first kappa shape index (κ1) is 19.1. The third-order valence-electron chi connectivity index (χ3n) is 5.42. The number of rotatable bonds is 7. The number of nitrogens with one attached hydrogen (secondary N) is 1. The Morgan fingerprint density at radius 1 is 1.00 bits per heavy atom. The number of piperidine rings is 1. The Morgan fingerprint density at radius 3 is 2.45 bits per heavy atom. The van der Waals surface area contributed by atoms with Gasteiger partial charge >= 0.3 is 0 Å². The topological polar surface area (TPSA) is 77.1 Å². The molecule has 0 spiro atoms. The number of hydrogen-bond donors (Lipinski definition) is 1. The minimum absolute atomic E-state index is 0.0102. The summed E-state index contributed by atoms with van der Waals surface area (Å²) in [6.45, 7) is 1.48. The summed E-state index contributed by atoms with van der Waals surface area (Å²) in [6, 6.07) is 12.2. The molecule has 1 saturated heterocycles. The number of carbonyl (C=O) groups excluding carboxylic acids is 2. The highest BCUT2D eigenvalue weighted by Gasteiger charge is 2.46. The average Bonchev–Trinajstić information content (AvgIpc) is 3.36. The Bertz CT molecular complexity index is 919. The van der Waals surface area contributed by atoms with Gasteiger partial charge in [-0.15, -0.1) is 0 Å². The average molecular weight is 396 g/mol. The van der Waals surface area contributed by atoms with Crippen LogP contribution in [0.3, 0.4) is 0 Å². The zero-order valence-electron chi connectivity index (χ0n) is 16.5. The highest BCUT2D eigenvalue weighted by atomic mass is 16.5. The van der Waals surface area contributed by atoms with Gasteiger partial charge in [0.1, 0.15) is 5.75 Å². The van der Waals surface area contributed by atoms with E-state index in [-0.39, 0.29) is 18.4 Å². The number of para-hydroxylation sites is 2. The predicted octanol–water partition coefficient (Wildman–Crippen LogP) is 2.81. The minimum atomic E-state index is -0.326. The third kappa shape index (κ3) is 4.13. The number of likely N-dealkylation sites (tertiary alicyclic amines) is 1. The van der Waals surface area contributed by atoms with Gasteiger partial charge in [-0.2, -0.15) is 0 Å². The van der Waals surface area contributed by atoms with E-state index < -0.39 is 0 Å². The SMILES string of the molecule is COc1ccccc1NC(=O)COc1ccc(C(=O)N2CC3CC3C2)cc1OC. The van der Waals surface area contributed by atoms with Crippen LogP contribution in [0.2, 0.25) is 0 Å². The molecule has 2 aromatic rings. The molecule has 7 nitrogen and oxygen atoms in total. The highest BCUT2D eigenvalue weighted by Crippen LogP contribution is 2.45. The van der Waals surface area contributed by atoms with Gasteiger partial charge in [0.2, 0.25) is 0 Å². The minimum Gasteiger partial charge on any atom is -0.495 e. The smallest absolute Gasteiger partial charge is 0.262 e. The van der Waals surface area contributed by atoms with Gasteiger partial charge in [-0.3, -0.25) is 9.59 Å². The molecule has 0 aromatic heterocycles. The first-order chi connectivity index (χ1) is 14.1. The number of methoxy groups -OCH3 is 2. The van der Waals surface area contributed by atoms with Crippen LogP contribution in [0.4, 0.5) is 5.69 Å². The maximum atomic E-state index is 12.7. The lowest BCUT2D eigenvalue weighted by Crippen LogP contribution is -2.30. The molecule has 1 aliphatic heterocycles. The number of nitrogens with zero attached hydrogens (tertiary/aromatic N) is 1. The van der Waals surface area contributed by atoms with Crippen LogP contribution >= 0.6 is 0 Å². The number of benzene rings is 2. The lowest BCUT2D eigenvalue weighted by Gasteiger charge is -2.19. The third-order valence-corrected chi connectivity index (χ3v) is 5.42. The van der Waals surface area contributed by atoms with Crippen LogP contribution in [-0.2, 0) is 4.79 Å². The molecule has 1 saturated carbocycles. The zero-order chi connectivity index (χ0) is 20.4. The van der Waals surface area contributed by atoms with E-state index in [9.17, 15) is 9.59 Å². The van der Waals surface area contributed by atoms with Crippen molar-refractivity contribution in [3.05, 3.63) is 48.0 Å². The van der Waals surface area contributed by atoms with Crippen molar-refractivity contribution < 1.29 is 23.8 Å². The van der Waals surface area contributed by atoms with Crippen LogP contribution in [-0.4, -0.2) is 50.6 Å². The van der Waals surface area contributed by atoms with Gasteiger partial charge in [0.15, 0.2) is 18.1 Å². The van der Waals surface area contributed by atoms with Gasteiger partial charge < -0.3 is 24.4 Å². The first-order valence-electron chi connectivity index (χ1n) is 9.62. The zero-order valence-corrected chi connectivity index (χ0v) is 16.5. The molecule has 2 atom stereocenters. The van der Waals surface area contributed by atoms with Gasteiger partial charge in [0.05, 0.1) is 19.9 Å². The van der Waals surface area contributed by atoms with Crippen molar-refractivity contribution in [1.82, 2.24) is 4.90 Å². The highest BCUT2D eigenvalue weighted by molar-refractivity contribution is 5.95. The number of carbonyl (C=O) groups is 2. The number of anilines is 1. The second-order valence-corrected chi connectivity index (χ2v) is 7.37. The number of ether oxygens (including phenoxy) is 3. The van der Waals surface area contributed by atoms with Gasteiger partial charge in [-0.1, -0.05) is 12.1 Å². The Morgan fingerprint density at radius 2 is 1.72 bits per heavy atom. The number of fused-ring (bicyclic) bond motifs is 1. The summed E-state index contributed by atoms with van der Waals surface area (Å²) in [4.78, 5) is 26.8. The fraction of sp³-hybridized carbons (Fsp3) is 0.364. The molecule has 1 aliphatic carbocycles. The van der Waals surface area contributed by atoms with Crippen LogP contribution in [0, 0.1) is 11.8 Å². The molecule has 4 rings (SSSR count). The second-order valence-electron chi connectivity index (χ2n) is 7.37. The van der Waals surface area contributed by atoms with Crippen LogP contribution in [0.1, 0.15) is 16.8 Å². The van der Waals surface area contributed by atoms with E-state index >= 15 is 0 Å². The van der Waals surface area contributed by atoms with Crippen LogP contribution in [0.25, 0.3) is 0 Å². The summed E-state index contributed by atoms with van der Waals surface area (Å²) in [5.41, 5.74) is 1.13. The van der Waals surface area contributed by atoms with Crippen molar-refractivity contribution in [1.29, 1.82) is 0 Å². The van der Waals surface area contributed by atoms with Crippen LogP contribution in [0.5, 0.6) is 17.2 Å². The quantitative estimate of drug-likeness (QED) is 0.779. The summed E-state index contributed by atoms with van der Waals surface area (Å²) in [6.07, 6.45) is 1.25. The van der Waals surface area contributed by atoms with E-state index in [0.29, 0.717) is 40.3 Å². The Hall–Kier alpha value is -3.22. The molecular weight excluding hydrogens is 372 g/mol. The van der Waals surface area contributed by atoms with E-state index in [2.05, 4.69) is 5.32 Å². The van der Waals surface area contributed by atoms with Gasteiger partial charge in [0.25, 0.3) is 11.8 Å². The summed E-state index contributed by atoms with van der Waals surface area (Å²) >= 11 is 0. The maximum Gasteiger partial charge on any atom is 0.262 e. The predicted molar refractivity (Wildman–Crippen MR) is 108 cm³/mol. The van der Waals surface area contributed by atoms with Crippen molar-refractivity contribution in [2.24, 2.45) is 11.8 Å². The summed E-state index contributed by atoms with van der Waals surface area (Å²) in [5, 5.41) is 2.75. The van der Waals surface area contributed by atoms with Crippen LogP contribution < -0.4 is 19.5 Å². The normalized spacial score (nSPS) is 19.3. The molecule has 0 bridgehead atoms. The summed E-state index contributed by atoms with van der Waals surface area (Å²) in [5.74, 6) is 2.45. The molecule has 2 aromatic carbocycles. The van der Waals surface area contributed by atoms with E-state index in [1.54, 1.807) is 37.4 Å². The van der Waals surface area contributed by atoms with Crippen LogP contribution in [0.15, 0.2) is 42.5 Å². The van der Waals surface area contributed by atoms with Crippen molar-refractivity contribution in [3.8, 4) is 17.2 Å². The van der Waals surface area contributed by atoms with Crippen molar-refractivity contribution in [3.63, 3.8) is 0 Å². The van der Waals surface area contributed by atoms with E-state index in [0.717, 1.165) is 13.1 Å². The number of hydrogen-bond acceptors (Lipinski definition) is 5. The van der Waals surface area contributed by atoms with Gasteiger partial charge in [0, 0.05) is 18.7 Å². The van der Waals surface area contributed by atoms with Gasteiger partial charge in [-0.05, 0) is 48.6 Å². The fourth-order valence-corrected chi connectivity index (χ4v) is 3.74. The molecule has 2 aliphatic rings. The van der Waals surface area contributed by atoms with Crippen molar-refractivity contribution in [2.75, 3.05) is 39.2 Å². The molecule has 152 valence electrons. The molecule has 7 heteroatoms. The maximum absolute atomic E-state index is 12.7. The Balaban J connectivity index is 1.38. The molecule has 2 fully saturated rings. The van der Waals surface area contributed by atoms with E-state index in [1.807, 2.05) is 17.0 Å². The molecule has 2 unspecified atom stereocenters. The monoisotopic (exact) mass is 396 g/mol. The number of amides is 2. The molecule has 1 N–H and O–H groups in total. The lowest BCUT2D eigenvalue weighted by atomic mass is 10.1. The van der Waals surface area contributed by atoms with Crippen molar-refractivity contribution in [2.45, 2.75) is 6.42 Å². The summed E-state index contributed by atoms with van der Waals surface area (Å²) in [7, 11) is 3.05. The van der Waals surface area contributed by atoms with Gasteiger partial charge in [-0.25, -0.2) is 0 Å². The largest absolute Gasteiger partial charge is 0.495 e. The standard InChI is InChI=1S/C22H24N2O5/c1-27-18-6-4-3-5-17(18)23-21(25)13-29-19-8-7-14(10-20(19)28-2)22(26)24-11-15-9-16(15)12-24/h3-8,10,15-16H,9,11-13H2,1-2H3,(H,23,25). The van der Waals surface area contributed by atoms with E-state index in [1.165, 1.54) is 13.5 Å². The molecule has 29 heavy (non-hydrogen) atoms. The molecular formula is C22H24N2O5. The molecule has 0 radical (unpaired) electrons. The summed E-state index contributed by atoms with van der Waals surface area (Å²) < 4.78 is 16.2. The van der Waals surface area contributed by atoms with E-state index in [4.69, 9.17) is 14.2 Å². The Labute approximate surface area is 169 Å². The fourth-order valence-electron chi connectivity index (χ4n) is 3.74. The second kappa shape index (κ2) is 8.03. The lowest BCUT2D eigenvalue weighted by molar-refractivity contribution is -0.118. The molecule has 2 amide bonds. The Kier molecular flexibility index (Phi) is 5.29.